The van der Waals surface area contributed by atoms with Crippen LogP contribution in [0.4, 0.5) is 0 Å². The third kappa shape index (κ3) is 3.10. The highest BCUT2D eigenvalue weighted by Crippen LogP contribution is 2.44. The summed E-state index contributed by atoms with van der Waals surface area (Å²) in [5, 5.41) is 7.70. The van der Waals surface area contributed by atoms with Crippen molar-refractivity contribution in [2.75, 3.05) is 0 Å². The van der Waals surface area contributed by atoms with Crippen LogP contribution in [-0.2, 0) is 6.42 Å². The quantitative estimate of drug-likeness (QED) is 0.228. The van der Waals surface area contributed by atoms with E-state index in [0.717, 1.165) is 36.8 Å². The maximum absolute atomic E-state index is 6.49. The first-order valence-electron chi connectivity index (χ1n) is 13.3. The normalized spacial score (nSPS) is 15.1. The van der Waals surface area contributed by atoms with E-state index in [1.54, 1.807) is 0 Å². The number of fused-ring (bicyclic) bond motifs is 8. The molecule has 0 aliphatic heterocycles. The first kappa shape index (κ1) is 20.8. The Hall–Kier alpha value is -4.36. The topological polar surface area (TPSA) is 13.1 Å². The fraction of sp³-hybridized carbons (Fsp3) is 0.111. The lowest BCUT2D eigenvalue weighted by Crippen LogP contribution is -2.01. The van der Waals surface area contributed by atoms with E-state index in [-0.39, 0.29) is 0 Å². The van der Waals surface area contributed by atoms with Gasteiger partial charge in [0.05, 0.1) is 0 Å². The van der Waals surface area contributed by atoms with Crippen molar-refractivity contribution >= 4 is 55.1 Å². The summed E-state index contributed by atoms with van der Waals surface area (Å²) in [5.74, 6) is 0. The number of allylic oxidation sites excluding steroid dienone is 5. The Morgan fingerprint density at radius 3 is 2.27 bits per heavy atom. The third-order valence-electron chi connectivity index (χ3n) is 8.14. The zero-order chi connectivity index (χ0) is 24.3. The molecule has 6 aromatic rings. The van der Waals surface area contributed by atoms with Crippen LogP contribution in [0.1, 0.15) is 36.0 Å². The highest BCUT2D eigenvalue weighted by molar-refractivity contribution is 6.18. The van der Waals surface area contributed by atoms with Gasteiger partial charge in [-0.3, -0.25) is 0 Å². The molecule has 0 N–H and O–H groups in total. The summed E-state index contributed by atoms with van der Waals surface area (Å²) in [4.78, 5) is 0. The molecule has 5 aromatic carbocycles. The maximum atomic E-state index is 6.49. The molecule has 8 rings (SSSR count). The van der Waals surface area contributed by atoms with Crippen LogP contribution in [-0.4, -0.2) is 0 Å². The van der Waals surface area contributed by atoms with Crippen molar-refractivity contribution in [3.05, 3.63) is 120 Å². The predicted molar refractivity (Wildman–Crippen MR) is 158 cm³/mol. The monoisotopic (exact) mass is 474 g/mol. The van der Waals surface area contributed by atoms with Crippen molar-refractivity contribution in [3.8, 4) is 11.1 Å². The zero-order valence-electron chi connectivity index (χ0n) is 20.6. The average Bonchev–Trinajstić information content (AvgIpc) is 3.36. The molecule has 37 heavy (non-hydrogen) atoms. The molecule has 2 aliphatic rings. The van der Waals surface area contributed by atoms with Crippen LogP contribution in [0.3, 0.4) is 0 Å². The molecule has 0 atom stereocenters. The second-order valence-electron chi connectivity index (χ2n) is 10.2. The van der Waals surface area contributed by atoms with Gasteiger partial charge in [-0.2, -0.15) is 0 Å². The minimum atomic E-state index is 0.948. The number of benzene rings is 5. The molecule has 0 radical (unpaired) electrons. The van der Waals surface area contributed by atoms with E-state index in [4.69, 9.17) is 4.42 Å². The molecule has 0 spiro atoms. The highest BCUT2D eigenvalue weighted by atomic mass is 16.3. The van der Waals surface area contributed by atoms with Gasteiger partial charge < -0.3 is 4.42 Å². The van der Waals surface area contributed by atoms with Crippen LogP contribution >= 0.6 is 0 Å². The van der Waals surface area contributed by atoms with E-state index in [9.17, 15) is 0 Å². The van der Waals surface area contributed by atoms with Gasteiger partial charge in [-0.1, -0.05) is 91.0 Å². The molecule has 176 valence electrons. The Kier molecular flexibility index (Phi) is 4.54. The summed E-state index contributed by atoms with van der Waals surface area (Å²) in [6, 6.07) is 28.8. The number of furan rings is 1. The molecule has 0 unspecified atom stereocenters. The van der Waals surface area contributed by atoms with Crippen LogP contribution in [0.15, 0.2) is 108 Å². The number of hydrogen-bond acceptors (Lipinski definition) is 1. The lowest BCUT2D eigenvalue weighted by molar-refractivity contribution is 0.670. The van der Waals surface area contributed by atoms with Crippen molar-refractivity contribution in [1.29, 1.82) is 0 Å². The van der Waals surface area contributed by atoms with Gasteiger partial charge in [-0.15, -0.1) is 0 Å². The van der Waals surface area contributed by atoms with Crippen molar-refractivity contribution in [2.24, 2.45) is 0 Å². The summed E-state index contributed by atoms with van der Waals surface area (Å²) in [6.07, 6.45) is 16.0. The Labute approximate surface area is 216 Å². The maximum Gasteiger partial charge on any atom is 0.143 e. The Bertz CT molecular complexity index is 1980. The SMILES string of the molecule is C1=CC(c2cc3cc(-c4cccc5c4oc4ccccc45)c4c(c3c3ccccc23)C=CCC4)=CCC1. The van der Waals surface area contributed by atoms with Gasteiger partial charge in [0.15, 0.2) is 0 Å². The van der Waals surface area contributed by atoms with Gasteiger partial charge in [0, 0.05) is 16.3 Å². The molecular weight excluding hydrogens is 448 g/mol. The van der Waals surface area contributed by atoms with E-state index < -0.39 is 0 Å². The third-order valence-corrected chi connectivity index (χ3v) is 8.14. The minimum absolute atomic E-state index is 0.948. The van der Waals surface area contributed by atoms with Gasteiger partial charge in [-0.25, -0.2) is 0 Å². The fourth-order valence-electron chi connectivity index (χ4n) is 6.48. The lowest BCUT2D eigenvalue weighted by Gasteiger charge is -2.22. The van der Waals surface area contributed by atoms with Gasteiger partial charge in [-0.05, 0) is 93.3 Å². The second-order valence-corrected chi connectivity index (χ2v) is 10.2. The Morgan fingerprint density at radius 1 is 0.595 bits per heavy atom. The van der Waals surface area contributed by atoms with Gasteiger partial charge in [0.25, 0.3) is 0 Å². The predicted octanol–water partition coefficient (Wildman–Crippen LogP) is 10.3. The van der Waals surface area contributed by atoms with Crippen LogP contribution in [0.25, 0.3) is 66.3 Å². The van der Waals surface area contributed by atoms with Crippen molar-refractivity contribution in [2.45, 2.75) is 25.7 Å². The van der Waals surface area contributed by atoms with E-state index in [1.165, 1.54) is 65.7 Å². The van der Waals surface area contributed by atoms with Crippen molar-refractivity contribution in [1.82, 2.24) is 0 Å². The largest absolute Gasteiger partial charge is 0.455 e. The Morgan fingerprint density at radius 2 is 1.38 bits per heavy atom. The van der Waals surface area contributed by atoms with E-state index in [2.05, 4.69) is 103 Å². The number of para-hydroxylation sites is 2. The molecule has 0 amide bonds. The number of rotatable bonds is 2. The van der Waals surface area contributed by atoms with Gasteiger partial charge in [0.1, 0.15) is 11.2 Å². The molecule has 0 saturated carbocycles. The van der Waals surface area contributed by atoms with Gasteiger partial charge >= 0.3 is 0 Å². The molecule has 1 heteroatoms. The minimum Gasteiger partial charge on any atom is -0.455 e. The molecule has 0 bridgehead atoms. The summed E-state index contributed by atoms with van der Waals surface area (Å²) >= 11 is 0. The van der Waals surface area contributed by atoms with E-state index in [0.29, 0.717) is 0 Å². The fourth-order valence-corrected chi connectivity index (χ4v) is 6.48. The van der Waals surface area contributed by atoms with Gasteiger partial charge in [0.2, 0.25) is 0 Å². The summed E-state index contributed by atoms with van der Waals surface area (Å²) < 4.78 is 6.49. The van der Waals surface area contributed by atoms with Crippen LogP contribution in [0, 0.1) is 0 Å². The zero-order valence-corrected chi connectivity index (χ0v) is 20.6. The molecule has 0 saturated heterocycles. The van der Waals surface area contributed by atoms with Crippen LogP contribution in [0.2, 0.25) is 0 Å². The molecule has 1 nitrogen and oxygen atoms in total. The van der Waals surface area contributed by atoms with Crippen LogP contribution in [0.5, 0.6) is 0 Å². The lowest BCUT2D eigenvalue weighted by atomic mass is 9.82. The second kappa shape index (κ2) is 8.08. The van der Waals surface area contributed by atoms with Crippen molar-refractivity contribution < 1.29 is 4.42 Å². The molecular formula is C36H26O. The Balaban J connectivity index is 1.50. The van der Waals surface area contributed by atoms with E-state index in [1.807, 2.05) is 6.07 Å². The molecule has 2 aliphatic carbocycles. The molecule has 0 fully saturated rings. The first-order valence-corrected chi connectivity index (χ1v) is 13.3. The summed E-state index contributed by atoms with van der Waals surface area (Å²) in [6.45, 7) is 0. The highest BCUT2D eigenvalue weighted by Gasteiger charge is 2.21. The van der Waals surface area contributed by atoms with Crippen LogP contribution < -0.4 is 0 Å². The average molecular weight is 475 g/mol. The van der Waals surface area contributed by atoms with Crippen molar-refractivity contribution in [3.63, 3.8) is 0 Å². The number of hydrogen-bond donors (Lipinski definition) is 0. The van der Waals surface area contributed by atoms with E-state index >= 15 is 0 Å². The smallest absolute Gasteiger partial charge is 0.143 e. The molecule has 1 heterocycles. The standard InChI is InChI=1S/C36H26O/c1-2-11-23(12-3-1)32-21-24-22-33(31-19-10-18-30-27-15-8-9-20-34(27)37-36(30)31)26-14-5-7-17-29(26)35(24)28-16-6-4-13-25(28)32/h2,4,6-13,15-22H,1,3,5,14H2. The summed E-state index contributed by atoms with van der Waals surface area (Å²) in [7, 11) is 0. The molecule has 1 aromatic heterocycles. The summed E-state index contributed by atoms with van der Waals surface area (Å²) in [5.41, 5.74) is 9.87. The first-order chi connectivity index (χ1) is 18.4.